The van der Waals surface area contributed by atoms with E-state index in [4.69, 9.17) is 4.42 Å². The Morgan fingerprint density at radius 3 is 2.62 bits per heavy atom. The zero-order valence-corrected chi connectivity index (χ0v) is 14.1. The number of carbonyl (C=O) groups excluding carboxylic acids is 1. The first-order valence-corrected chi connectivity index (χ1v) is 7.56. The van der Waals surface area contributed by atoms with Crippen LogP contribution in [-0.4, -0.2) is 25.7 Å². The Hall–Kier alpha value is -2.96. The van der Waals surface area contributed by atoms with Gasteiger partial charge in [-0.25, -0.2) is 4.98 Å². The third-order valence-electron chi connectivity index (χ3n) is 3.45. The average Bonchev–Trinajstić information content (AvgIpc) is 3.14. The summed E-state index contributed by atoms with van der Waals surface area (Å²) in [6, 6.07) is 3.54. The number of hydrogen-bond donors (Lipinski definition) is 1. The average molecular weight is 325 g/mol. The number of rotatable bonds is 3. The molecule has 7 heteroatoms. The number of amides is 1. The maximum atomic E-state index is 12.5. The molecule has 0 aliphatic heterocycles. The molecule has 0 spiro atoms. The summed E-state index contributed by atoms with van der Waals surface area (Å²) in [4.78, 5) is 20.7. The van der Waals surface area contributed by atoms with Crippen molar-refractivity contribution in [3.63, 3.8) is 0 Å². The summed E-state index contributed by atoms with van der Waals surface area (Å²) in [6.07, 6.45) is 6.41. The Bertz CT molecular complexity index is 859. The van der Waals surface area contributed by atoms with Gasteiger partial charge in [0, 0.05) is 36.6 Å². The normalized spacial score (nSPS) is 11.5. The van der Waals surface area contributed by atoms with E-state index < -0.39 is 0 Å². The molecule has 7 nitrogen and oxygen atoms in total. The SMILES string of the molecule is Cn1cc(NC(=O)c2coc(-c3ccncc3)n2)c(C(C)(C)C)n1. The second-order valence-electron chi connectivity index (χ2n) is 6.54. The predicted molar refractivity (Wildman–Crippen MR) is 89.6 cm³/mol. The van der Waals surface area contributed by atoms with Gasteiger partial charge in [-0.3, -0.25) is 14.5 Å². The Kier molecular flexibility index (Phi) is 3.92. The Balaban J connectivity index is 1.83. The molecular formula is C17H19N5O2. The van der Waals surface area contributed by atoms with Crippen molar-refractivity contribution >= 4 is 11.6 Å². The van der Waals surface area contributed by atoms with E-state index in [1.165, 1.54) is 6.26 Å². The number of nitrogens with zero attached hydrogens (tertiary/aromatic N) is 4. The maximum absolute atomic E-state index is 12.5. The van der Waals surface area contributed by atoms with Gasteiger partial charge in [0.05, 0.1) is 11.4 Å². The molecule has 0 unspecified atom stereocenters. The summed E-state index contributed by atoms with van der Waals surface area (Å²) in [7, 11) is 1.82. The van der Waals surface area contributed by atoms with Crippen LogP contribution >= 0.6 is 0 Å². The van der Waals surface area contributed by atoms with E-state index in [1.54, 1.807) is 35.4 Å². The zero-order chi connectivity index (χ0) is 17.3. The van der Waals surface area contributed by atoms with Crippen LogP contribution in [0.1, 0.15) is 37.0 Å². The van der Waals surface area contributed by atoms with Crippen LogP contribution in [0.4, 0.5) is 5.69 Å². The molecule has 1 N–H and O–H groups in total. The van der Waals surface area contributed by atoms with Crippen molar-refractivity contribution in [2.45, 2.75) is 26.2 Å². The third kappa shape index (κ3) is 3.19. The molecule has 0 fully saturated rings. The minimum Gasteiger partial charge on any atom is -0.444 e. The molecule has 124 valence electrons. The lowest BCUT2D eigenvalue weighted by atomic mass is 9.91. The molecule has 3 heterocycles. The highest BCUT2D eigenvalue weighted by Gasteiger charge is 2.24. The van der Waals surface area contributed by atoms with Gasteiger partial charge in [-0.05, 0) is 12.1 Å². The summed E-state index contributed by atoms with van der Waals surface area (Å²) in [6.45, 7) is 6.13. The van der Waals surface area contributed by atoms with Crippen LogP contribution in [0.5, 0.6) is 0 Å². The molecule has 3 aromatic rings. The highest BCUT2D eigenvalue weighted by molar-refractivity contribution is 6.03. The number of aryl methyl sites for hydroxylation is 1. The molecule has 1 amide bonds. The van der Waals surface area contributed by atoms with Crippen LogP contribution in [0.15, 0.2) is 41.4 Å². The highest BCUT2D eigenvalue weighted by Crippen LogP contribution is 2.28. The molecule has 24 heavy (non-hydrogen) atoms. The number of oxazole rings is 1. The number of aromatic nitrogens is 4. The minimum atomic E-state index is -0.336. The lowest BCUT2D eigenvalue weighted by Gasteiger charge is -2.17. The van der Waals surface area contributed by atoms with E-state index in [0.717, 1.165) is 11.3 Å². The summed E-state index contributed by atoms with van der Waals surface area (Å²) in [5.41, 5.74) is 2.28. The van der Waals surface area contributed by atoms with Crippen molar-refractivity contribution < 1.29 is 9.21 Å². The molecule has 0 radical (unpaired) electrons. The van der Waals surface area contributed by atoms with Crippen LogP contribution in [0.2, 0.25) is 0 Å². The fraction of sp³-hybridized carbons (Fsp3) is 0.294. The summed E-state index contributed by atoms with van der Waals surface area (Å²) < 4.78 is 7.07. The molecule has 0 aliphatic rings. The molecule has 0 aliphatic carbocycles. The molecule has 0 aromatic carbocycles. The largest absolute Gasteiger partial charge is 0.444 e. The number of anilines is 1. The fourth-order valence-corrected chi connectivity index (χ4v) is 2.33. The first-order chi connectivity index (χ1) is 11.3. The van der Waals surface area contributed by atoms with Crippen LogP contribution in [-0.2, 0) is 12.5 Å². The number of carbonyl (C=O) groups is 1. The standard InChI is InChI=1S/C17H19N5O2/c1-17(2,3)14-12(9-22(4)21-14)19-15(23)13-10-24-16(20-13)11-5-7-18-8-6-11/h5-10H,1-4H3,(H,19,23). The topological polar surface area (TPSA) is 85.8 Å². The first kappa shape index (κ1) is 15.9. The van der Waals surface area contributed by atoms with Crippen molar-refractivity contribution in [3.8, 4) is 11.5 Å². The Labute approximate surface area is 139 Å². The van der Waals surface area contributed by atoms with E-state index in [1.807, 2.05) is 27.8 Å². The zero-order valence-electron chi connectivity index (χ0n) is 14.1. The molecule has 0 bridgehead atoms. The smallest absolute Gasteiger partial charge is 0.277 e. The van der Waals surface area contributed by atoms with Gasteiger partial charge >= 0.3 is 0 Å². The molecular weight excluding hydrogens is 306 g/mol. The maximum Gasteiger partial charge on any atom is 0.277 e. The Morgan fingerprint density at radius 1 is 1.25 bits per heavy atom. The summed E-state index contributed by atoms with van der Waals surface area (Å²) in [5.74, 6) is 0.0438. The van der Waals surface area contributed by atoms with E-state index >= 15 is 0 Å². The van der Waals surface area contributed by atoms with Crippen molar-refractivity contribution in [2.75, 3.05) is 5.32 Å². The first-order valence-electron chi connectivity index (χ1n) is 7.56. The number of nitrogens with one attached hydrogen (secondary N) is 1. The fourth-order valence-electron chi connectivity index (χ4n) is 2.33. The second kappa shape index (κ2) is 5.92. The summed E-state index contributed by atoms with van der Waals surface area (Å²) in [5, 5.41) is 7.29. The predicted octanol–water partition coefficient (Wildman–Crippen LogP) is 3.02. The number of pyridine rings is 1. The van der Waals surface area contributed by atoms with Crippen LogP contribution in [0, 0.1) is 0 Å². The summed E-state index contributed by atoms with van der Waals surface area (Å²) >= 11 is 0. The minimum absolute atomic E-state index is 0.185. The van der Waals surface area contributed by atoms with Gasteiger partial charge in [0.15, 0.2) is 5.69 Å². The van der Waals surface area contributed by atoms with E-state index in [2.05, 4.69) is 20.4 Å². The van der Waals surface area contributed by atoms with Gasteiger partial charge in [-0.2, -0.15) is 5.10 Å². The quantitative estimate of drug-likeness (QED) is 0.800. The van der Waals surface area contributed by atoms with E-state index in [0.29, 0.717) is 11.6 Å². The number of hydrogen-bond acceptors (Lipinski definition) is 5. The molecule has 3 rings (SSSR count). The van der Waals surface area contributed by atoms with Crippen molar-refractivity contribution in [1.82, 2.24) is 19.7 Å². The molecule has 3 aromatic heterocycles. The molecule has 0 atom stereocenters. The molecule has 0 saturated heterocycles. The van der Waals surface area contributed by atoms with Crippen molar-refractivity contribution in [3.05, 3.63) is 48.4 Å². The highest BCUT2D eigenvalue weighted by atomic mass is 16.3. The van der Waals surface area contributed by atoms with Crippen molar-refractivity contribution in [1.29, 1.82) is 0 Å². The van der Waals surface area contributed by atoms with E-state index in [9.17, 15) is 4.79 Å². The van der Waals surface area contributed by atoms with Gasteiger partial charge in [-0.15, -0.1) is 0 Å². The van der Waals surface area contributed by atoms with E-state index in [-0.39, 0.29) is 17.0 Å². The Morgan fingerprint density at radius 2 is 1.96 bits per heavy atom. The van der Waals surface area contributed by atoms with Gasteiger partial charge in [0.25, 0.3) is 5.91 Å². The van der Waals surface area contributed by atoms with Crippen LogP contribution in [0.25, 0.3) is 11.5 Å². The lowest BCUT2D eigenvalue weighted by molar-refractivity contribution is 0.102. The monoisotopic (exact) mass is 325 g/mol. The molecule has 0 saturated carbocycles. The van der Waals surface area contributed by atoms with Crippen molar-refractivity contribution in [2.24, 2.45) is 7.05 Å². The van der Waals surface area contributed by atoms with Gasteiger partial charge in [-0.1, -0.05) is 20.8 Å². The van der Waals surface area contributed by atoms with Gasteiger partial charge in [0.2, 0.25) is 5.89 Å². The van der Waals surface area contributed by atoms with Gasteiger partial charge in [0.1, 0.15) is 6.26 Å². The van der Waals surface area contributed by atoms with Crippen LogP contribution < -0.4 is 5.32 Å². The lowest BCUT2D eigenvalue weighted by Crippen LogP contribution is -2.18. The van der Waals surface area contributed by atoms with Crippen LogP contribution in [0.3, 0.4) is 0 Å². The second-order valence-corrected chi connectivity index (χ2v) is 6.54. The van der Waals surface area contributed by atoms with Gasteiger partial charge < -0.3 is 9.73 Å². The third-order valence-corrected chi connectivity index (χ3v) is 3.45.